The van der Waals surface area contributed by atoms with Crippen molar-refractivity contribution < 1.29 is 4.21 Å². The first-order valence-corrected chi connectivity index (χ1v) is 8.10. The van der Waals surface area contributed by atoms with Crippen molar-refractivity contribution >= 4 is 39.0 Å². The summed E-state index contributed by atoms with van der Waals surface area (Å²) in [6.45, 7) is 0. The summed E-state index contributed by atoms with van der Waals surface area (Å²) >= 11 is 5.97. The topological polar surface area (TPSA) is 56.0 Å². The second-order valence-electron chi connectivity index (χ2n) is 4.70. The zero-order chi connectivity index (χ0) is 14.8. The van der Waals surface area contributed by atoms with Gasteiger partial charge in [0.05, 0.1) is 32.8 Å². The van der Waals surface area contributed by atoms with E-state index in [1.54, 1.807) is 24.4 Å². The van der Waals surface area contributed by atoms with Crippen molar-refractivity contribution in [2.75, 3.05) is 5.73 Å². The quantitative estimate of drug-likeness (QED) is 0.748. The molecule has 0 saturated heterocycles. The number of rotatable bonds is 3. The van der Waals surface area contributed by atoms with Gasteiger partial charge < -0.3 is 5.73 Å². The molecule has 1 unspecified atom stereocenters. The highest BCUT2D eigenvalue weighted by molar-refractivity contribution is 7.84. The molecule has 1 aromatic heterocycles. The van der Waals surface area contributed by atoms with Crippen molar-refractivity contribution in [2.45, 2.75) is 10.6 Å². The minimum Gasteiger partial charge on any atom is -0.398 e. The van der Waals surface area contributed by atoms with Gasteiger partial charge in [-0.3, -0.25) is 9.19 Å². The summed E-state index contributed by atoms with van der Waals surface area (Å²) in [6, 6.07) is 14.9. The first-order valence-electron chi connectivity index (χ1n) is 6.40. The summed E-state index contributed by atoms with van der Waals surface area (Å²) in [5, 5.41) is 1.48. The number of nitrogen functional groups attached to an aromatic ring is 1. The Hall–Kier alpha value is -1.91. The molecule has 0 fully saturated rings. The molecule has 3 rings (SSSR count). The lowest BCUT2D eigenvalue weighted by molar-refractivity contribution is 0.682. The van der Waals surface area contributed by atoms with E-state index in [0.717, 1.165) is 16.5 Å². The lowest BCUT2D eigenvalue weighted by Gasteiger charge is -2.06. The fraction of sp³-hybridized carbons (Fsp3) is 0.0625. The summed E-state index contributed by atoms with van der Waals surface area (Å²) in [4.78, 5) is 4.95. The predicted octanol–water partition coefficient (Wildman–Crippen LogP) is 3.78. The Bertz CT molecular complexity index is 835. The Morgan fingerprint density at radius 3 is 2.81 bits per heavy atom. The number of aromatic nitrogens is 1. The molecule has 0 aliphatic heterocycles. The van der Waals surface area contributed by atoms with Crippen LogP contribution < -0.4 is 5.73 Å². The first kappa shape index (κ1) is 14.0. The highest BCUT2D eigenvalue weighted by atomic mass is 35.5. The molecule has 2 N–H and O–H groups in total. The van der Waals surface area contributed by atoms with Crippen LogP contribution in [-0.4, -0.2) is 9.19 Å². The van der Waals surface area contributed by atoms with Gasteiger partial charge in [-0.05, 0) is 42.0 Å². The Labute approximate surface area is 130 Å². The van der Waals surface area contributed by atoms with Gasteiger partial charge in [0.15, 0.2) is 0 Å². The molecule has 1 atom stereocenters. The van der Waals surface area contributed by atoms with Crippen LogP contribution in [0.3, 0.4) is 0 Å². The van der Waals surface area contributed by atoms with Gasteiger partial charge in [0.1, 0.15) is 0 Å². The number of nitrogens with two attached hydrogens (primary N) is 1. The van der Waals surface area contributed by atoms with E-state index in [1.807, 2.05) is 30.3 Å². The maximum Gasteiger partial charge on any atom is 0.0702 e. The molecule has 21 heavy (non-hydrogen) atoms. The van der Waals surface area contributed by atoms with Crippen LogP contribution in [0.4, 0.5) is 5.69 Å². The van der Waals surface area contributed by atoms with Gasteiger partial charge in [0, 0.05) is 16.5 Å². The van der Waals surface area contributed by atoms with Gasteiger partial charge in [-0.25, -0.2) is 0 Å². The van der Waals surface area contributed by atoms with E-state index in [-0.39, 0.29) is 0 Å². The molecular weight excluding hydrogens is 304 g/mol. The molecule has 1 heterocycles. The van der Waals surface area contributed by atoms with Crippen LogP contribution in [0.15, 0.2) is 59.6 Å². The number of fused-ring (bicyclic) bond motifs is 1. The Morgan fingerprint density at radius 1 is 1.14 bits per heavy atom. The third-order valence-corrected chi connectivity index (χ3v) is 4.90. The zero-order valence-electron chi connectivity index (χ0n) is 11.1. The van der Waals surface area contributed by atoms with E-state index in [4.69, 9.17) is 17.3 Å². The molecule has 106 valence electrons. The number of nitrogens with zero attached hydrogens (tertiary/aromatic N) is 1. The normalized spacial score (nSPS) is 12.4. The average molecular weight is 317 g/mol. The molecule has 0 aliphatic rings. The van der Waals surface area contributed by atoms with Gasteiger partial charge in [-0.15, -0.1) is 0 Å². The molecule has 0 spiro atoms. The number of benzene rings is 2. The molecule has 3 aromatic rings. The number of halogens is 1. The Morgan fingerprint density at radius 2 is 2.00 bits per heavy atom. The molecule has 5 heteroatoms. The monoisotopic (exact) mass is 316 g/mol. The van der Waals surface area contributed by atoms with E-state index in [9.17, 15) is 4.21 Å². The van der Waals surface area contributed by atoms with Crippen LogP contribution in [0.1, 0.15) is 5.56 Å². The van der Waals surface area contributed by atoms with Crippen LogP contribution in [0, 0.1) is 0 Å². The van der Waals surface area contributed by atoms with Crippen LogP contribution in [0.5, 0.6) is 0 Å². The van der Waals surface area contributed by atoms with Gasteiger partial charge in [-0.1, -0.05) is 23.7 Å². The van der Waals surface area contributed by atoms with Crippen molar-refractivity contribution in [1.29, 1.82) is 0 Å². The van der Waals surface area contributed by atoms with E-state index >= 15 is 0 Å². The summed E-state index contributed by atoms with van der Waals surface area (Å²) in [6.07, 6.45) is 1.76. The Kier molecular flexibility index (Phi) is 3.90. The number of anilines is 1. The van der Waals surface area contributed by atoms with Crippen LogP contribution in [-0.2, 0) is 16.6 Å². The van der Waals surface area contributed by atoms with Crippen molar-refractivity contribution in [3.63, 3.8) is 0 Å². The van der Waals surface area contributed by atoms with Crippen LogP contribution in [0.25, 0.3) is 10.9 Å². The molecule has 0 aliphatic carbocycles. The fourth-order valence-corrected chi connectivity index (χ4v) is 3.46. The van der Waals surface area contributed by atoms with E-state index < -0.39 is 10.8 Å². The fourth-order valence-electron chi connectivity index (χ4n) is 2.10. The SMILES string of the molecule is Nc1ccc(S(=O)Cc2ccc3ncccc3c2)cc1Cl. The Balaban J connectivity index is 1.87. The lowest BCUT2D eigenvalue weighted by Crippen LogP contribution is -1.98. The summed E-state index contributed by atoms with van der Waals surface area (Å²) in [5.41, 5.74) is 8.10. The molecular formula is C16H13ClN2OS. The maximum absolute atomic E-state index is 12.4. The smallest absolute Gasteiger partial charge is 0.0702 e. The summed E-state index contributed by atoms with van der Waals surface area (Å²) in [7, 11) is -1.16. The van der Waals surface area contributed by atoms with Gasteiger partial charge in [0.2, 0.25) is 0 Å². The van der Waals surface area contributed by atoms with Gasteiger partial charge in [-0.2, -0.15) is 0 Å². The number of hydrogen-bond donors (Lipinski definition) is 1. The van der Waals surface area contributed by atoms with Gasteiger partial charge >= 0.3 is 0 Å². The largest absolute Gasteiger partial charge is 0.398 e. The zero-order valence-corrected chi connectivity index (χ0v) is 12.7. The van der Waals surface area contributed by atoms with Crippen molar-refractivity contribution in [3.8, 4) is 0 Å². The van der Waals surface area contributed by atoms with E-state index in [0.29, 0.717) is 21.4 Å². The van der Waals surface area contributed by atoms with Crippen molar-refractivity contribution in [2.24, 2.45) is 0 Å². The number of hydrogen-bond acceptors (Lipinski definition) is 3. The maximum atomic E-state index is 12.4. The van der Waals surface area contributed by atoms with Crippen LogP contribution in [0.2, 0.25) is 5.02 Å². The summed E-state index contributed by atoms with van der Waals surface area (Å²) < 4.78 is 12.4. The lowest BCUT2D eigenvalue weighted by atomic mass is 10.1. The number of pyridine rings is 1. The second kappa shape index (κ2) is 5.84. The molecule has 0 saturated carbocycles. The van der Waals surface area contributed by atoms with E-state index in [1.165, 1.54) is 0 Å². The van der Waals surface area contributed by atoms with Crippen molar-refractivity contribution in [3.05, 3.63) is 65.3 Å². The predicted molar refractivity (Wildman–Crippen MR) is 87.7 cm³/mol. The minimum atomic E-state index is -1.16. The molecule has 3 nitrogen and oxygen atoms in total. The van der Waals surface area contributed by atoms with Gasteiger partial charge in [0.25, 0.3) is 0 Å². The summed E-state index contributed by atoms with van der Waals surface area (Å²) in [5.74, 6) is 0.436. The second-order valence-corrected chi connectivity index (χ2v) is 6.56. The molecule has 2 aromatic carbocycles. The average Bonchev–Trinajstić information content (AvgIpc) is 2.50. The third-order valence-electron chi connectivity index (χ3n) is 3.20. The standard InChI is InChI=1S/C16H13ClN2OS/c17-14-9-13(4-5-15(14)18)21(20)10-11-3-6-16-12(8-11)2-1-7-19-16/h1-9H,10,18H2. The highest BCUT2D eigenvalue weighted by Gasteiger charge is 2.08. The molecule has 0 amide bonds. The first-order chi connectivity index (χ1) is 10.1. The molecule has 0 bridgehead atoms. The van der Waals surface area contributed by atoms with Crippen molar-refractivity contribution in [1.82, 2.24) is 4.98 Å². The third kappa shape index (κ3) is 3.06. The molecule has 0 radical (unpaired) electrons. The highest BCUT2D eigenvalue weighted by Crippen LogP contribution is 2.23. The van der Waals surface area contributed by atoms with Crippen LogP contribution >= 0.6 is 11.6 Å². The van der Waals surface area contributed by atoms with E-state index in [2.05, 4.69) is 4.98 Å². The minimum absolute atomic E-state index is 0.434.